The van der Waals surface area contributed by atoms with E-state index in [2.05, 4.69) is 119 Å². The van der Waals surface area contributed by atoms with Gasteiger partial charge < -0.3 is 66.8 Å². The first-order valence-electron chi connectivity index (χ1n) is 18.9. The van der Waals surface area contributed by atoms with Crippen molar-refractivity contribution in [1.82, 2.24) is 19.1 Å². The summed E-state index contributed by atoms with van der Waals surface area (Å²) < 4.78 is 15.4. The minimum atomic E-state index is 0. The predicted octanol–water partition coefficient (Wildman–Crippen LogP) is 12.3. The second kappa shape index (κ2) is 21.9. The molecule has 10 rings (SSSR count). The zero-order chi connectivity index (χ0) is 40.9. The molecule has 306 valence electrons. The van der Waals surface area contributed by atoms with Crippen LogP contribution in [0.3, 0.4) is 0 Å². The second-order valence-electron chi connectivity index (χ2n) is 13.1. The molecule has 0 amide bonds. The fraction of sp³-hybridized carbons (Fsp3) is 0. The van der Waals surface area contributed by atoms with Gasteiger partial charge in [0.2, 0.25) is 11.8 Å². The van der Waals surface area contributed by atoms with E-state index in [0.717, 1.165) is 22.3 Å². The minimum Gasteiger partial charge on any atom is -0.669 e. The summed E-state index contributed by atoms with van der Waals surface area (Å²) in [6, 6.07) is 69.1. The van der Waals surface area contributed by atoms with Gasteiger partial charge in [-0.1, -0.05) is 96.4 Å². The van der Waals surface area contributed by atoms with Crippen LogP contribution in [0.1, 0.15) is 0 Å². The molecule has 4 heterocycles. The Morgan fingerprint density at radius 2 is 0.871 bits per heavy atom. The molecule has 0 bridgehead atoms. The summed E-state index contributed by atoms with van der Waals surface area (Å²) in [5.41, 5.74) is 5.57. The molecule has 6 nitrogen and oxygen atoms in total. The van der Waals surface area contributed by atoms with Crippen LogP contribution in [0.15, 0.2) is 195 Å². The Balaban J connectivity index is 0.000000341. The van der Waals surface area contributed by atoms with Crippen LogP contribution in [-0.4, -0.2) is 19.1 Å². The summed E-state index contributed by atoms with van der Waals surface area (Å²) in [7, 11) is 0. The maximum atomic E-state index is 6.57. The normalized spacial score (nSPS) is 9.97. The van der Waals surface area contributed by atoms with Gasteiger partial charge in [0, 0.05) is 91.4 Å². The molecule has 0 unspecified atom stereocenters. The van der Waals surface area contributed by atoms with Crippen molar-refractivity contribution >= 4 is 21.5 Å². The van der Waals surface area contributed by atoms with Crippen LogP contribution in [0.2, 0.25) is 0 Å². The standard InChI is InChI=1S/C42H24N2O2.2C6H4N.2Pt/c1-3-17-37-29(9-1)11-7-19-39(37)33-21-23-43-41(27-33)45-35-15-5-13-31(25-35)32-14-6-16-36(26-32)46-42-28-34(22-24-44-42)40-20-8-12-30-10-2-4-18-38(30)40;2*1-2-7-5-3-4-6-7;;/h1-12,15-24,27-28H;2*3-6H;;/q-4;2*-1;;. The van der Waals surface area contributed by atoms with Crippen molar-refractivity contribution in [2.45, 2.75) is 0 Å². The number of ether oxygens (including phenoxy) is 2. The molecule has 10 aromatic rings. The average Bonchev–Trinajstić information content (AvgIpc) is 4.05. The van der Waals surface area contributed by atoms with Crippen LogP contribution >= 0.6 is 0 Å². The van der Waals surface area contributed by atoms with E-state index in [9.17, 15) is 0 Å². The Labute approximate surface area is 390 Å². The van der Waals surface area contributed by atoms with Crippen molar-refractivity contribution in [3.63, 3.8) is 0 Å². The molecule has 0 fully saturated rings. The van der Waals surface area contributed by atoms with Crippen LogP contribution in [-0.2, 0) is 42.1 Å². The number of benzene rings is 6. The number of hydrogen-bond acceptors (Lipinski definition) is 4. The van der Waals surface area contributed by atoms with Crippen LogP contribution in [0, 0.1) is 49.2 Å². The molecule has 0 saturated heterocycles. The Hall–Kier alpha value is -7.20. The number of rotatable bonds is 7. The molecule has 6 aromatic carbocycles. The van der Waals surface area contributed by atoms with Gasteiger partial charge in [-0.3, -0.25) is 12.1 Å². The van der Waals surface area contributed by atoms with Crippen LogP contribution in [0.5, 0.6) is 23.3 Å². The fourth-order valence-corrected chi connectivity index (χ4v) is 6.45. The average molecular weight is 1160 g/mol. The third-order valence-corrected chi connectivity index (χ3v) is 9.24. The molecular weight excluding hydrogens is 1130 g/mol. The molecule has 0 saturated carbocycles. The van der Waals surface area contributed by atoms with Gasteiger partial charge in [0.1, 0.15) is 0 Å². The number of pyridine rings is 2. The van der Waals surface area contributed by atoms with E-state index in [1.54, 1.807) is 70.6 Å². The van der Waals surface area contributed by atoms with Crippen LogP contribution in [0.4, 0.5) is 0 Å². The van der Waals surface area contributed by atoms with E-state index >= 15 is 0 Å². The minimum absolute atomic E-state index is 0. The SMILES string of the molecule is [C-]#Cn1cccc1.[C-]#Cn1cccc1.[Pt].[Pt].[c-]1ccc(Oc2cc(-c3cccc4ccccc34)ccn2)[c-]c1-c1[c-]ccc(Oc2cc(-c3cccc4ccccc34)ccn2)[c-]1. The Morgan fingerprint density at radius 3 is 1.27 bits per heavy atom. The van der Waals surface area contributed by atoms with E-state index in [0.29, 0.717) is 34.4 Å². The van der Waals surface area contributed by atoms with Crippen molar-refractivity contribution in [2.75, 3.05) is 0 Å². The molecule has 0 spiro atoms. The van der Waals surface area contributed by atoms with E-state index in [-0.39, 0.29) is 42.1 Å². The third-order valence-electron chi connectivity index (χ3n) is 9.24. The first-order chi connectivity index (χ1) is 29.6. The molecular formula is C54H32N4O2Pt2-6. The van der Waals surface area contributed by atoms with Gasteiger partial charge in [0.25, 0.3) is 0 Å². The Bertz CT molecular complexity index is 2870. The van der Waals surface area contributed by atoms with Crippen molar-refractivity contribution in [3.8, 4) is 68.7 Å². The van der Waals surface area contributed by atoms with Gasteiger partial charge in [0.15, 0.2) is 0 Å². The monoisotopic (exact) mass is 1160 g/mol. The Kier molecular flexibility index (Phi) is 15.6. The fourth-order valence-electron chi connectivity index (χ4n) is 6.45. The van der Waals surface area contributed by atoms with E-state index in [1.165, 1.54) is 21.5 Å². The zero-order valence-corrected chi connectivity index (χ0v) is 37.3. The van der Waals surface area contributed by atoms with Gasteiger partial charge in [-0.25, -0.2) is 22.1 Å². The van der Waals surface area contributed by atoms with Gasteiger partial charge in [-0.2, -0.15) is 12.1 Å². The summed E-state index contributed by atoms with van der Waals surface area (Å²) in [6.45, 7) is 0. The van der Waals surface area contributed by atoms with Gasteiger partial charge in [0.05, 0.1) is 0 Å². The molecule has 0 N–H and O–H groups in total. The molecule has 4 aromatic heterocycles. The molecule has 8 heteroatoms. The molecule has 0 atom stereocenters. The smallest absolute Gasteiger partial charge is 0.216 e. The summed E-state index contributed by atoms with van der Waals surface area (Å²) in [4.78, 5) is 8.91. The molecule has 62 heavy (non-hydrogen) atoms. The van der Waals surface area contributed by atoms with Crippen LogP contribution < -0.4 is 9.47 Å². The van der Waals surface area contributed by atoms with Crippen molar-refractivity contribution in [3.05, 3.63) is 232 Å². The molecule has 0 aliphatic rings. The third kappa shape index (κ3) is 11.1. The van der Waals surface area contributed by atoms with Crippen molar-refractivity contribution < 1.29 is 51.6 Å². The largest absolute Gasteiger partial charge is 0.669 e. The van der Waals surface area contributed by atoms with Gasteiger partial charge >= 0.3 is 0 Å². The molecule has 0 radical (unpaired) electrons. The van der Waals surface area contributed by atoms with Crippen molar-refractivity contribution in [2.24, 2.45) is 0 Å². The van der Waals surface area contributed by atoms with Crippen LogP contribution in [0.25, 0.3) is 54.9 Å². The predicted molar refractivity (Wildman–Crippen MR) is 236 cm³/mol. The van der Waals surface area contributed by atoms with E-state index in [1.807, 2.05) is 60.7 Å². The first kappa shape index (κ1) is 44.4. The topological polar surface area (TPSA) is 54.1 Å². The summed E-state index contributed by atoms with van der Waals surface area (Å²) >= 11 is 0. The summed E-state index contributed by atoms with van der Waals surface area (Å²) in [6.07, 6.45) is 23.7. The van der Waals surface area contributed by atoms with E-state index in [4.69, 9.17) is 22.3 Å². The number of nitrogens with zero attached hydrogens (tertiary/aromatic N) is 4. The quantitative estimate of drug-likeness (QED) is 0.118. The Morgan fingerprint density at radius 1 is 0.468 bits per heavy atom. The van der Waals surface area contributed by atoms with Crippen molar-refractivity contribution in [1.29, 1.82) is 0 Å². The molecule has 0 aliphatic carbocycles. The number of aromatic nitrogens is 4. The number of hydrogen-bond donors (Lipinski definition) is 0. The zero-order valence-electron chi connectivity index (χ0n) is 32.7. The van der Waals surface area contributed by atoms with Gasteiger partial charge in [-0.15, -0.1) is 0 Å². The molecule has 0 aliphatic heterocycles. The first-order valence-corrected chi connectivity index (χ1v) is 18.9. The van der Waals surface area contributed by atoms with Gasteiger partial charge in [-0.05, 0) is 80.2 Å². The number of fused-ring (bicyclic) bond motifs is 2. The second-order valence-corrected chi connectivity index (χ2v) is 13.1. The maximum absolute atomic E-state index is 6.57. The van der Waals surface area contributed by atoms with E-state index < -0.39 is 0 Å². The maximum Gasteiger partial charge on any atom is 0.216 e. The summed E-state index contributed by atoms with van der Waals surface area (Å²) in [5, 5.41) is 4.72. The summed E-state index contributed by atoms with van der Waals surface area (Å²) in [5.74, 6) is 1.96.